The standard InChI is InChI=1S/C22H20F4N4O2S/c1-12-8-17(23)20-16(10-27)21(30(19(20)9-12)14-4-3-5-14)18-7-6-15(11-28-18)33(31,32)29-13(2)22(24,25)26/h6-9,11,13-14,29H,3-5H2,1-2H3. The molecule has 0 spiro atoms. The Bertz CT molecular complexity index is 1370. The number of halogens is 4. The van der Waals surface area contributed by atoms with Crippen molar-refractivity contribution in [3.63, 3.8) is 0 Å². The lowest BCUT2D eigenvalue weighted by atomic mass is 9.92. The Morgan fingerprint density at radius 3 is 2.48 bits per heavy atom. The van der Waals surface area contributed by atoms with Crippen LogP contribution < -0.4 is 4.72 Å². The number of nitriles is 1. The molecule has 4 rings (SSSR count). The SMILES string of the molecule is Cc1cc(F)c2c(C#N)c(-c3ccc(S(=O)(=O)NC(C)C(F)(F)F)cn3)n(C3CCC3)c2c1. The zero-order valence-corrected chi connectivity index (χ0v) is 18.6. The molecule has 1 atom stereocenters. The number of hydrogen-bond acceptors (Lipinski definition) is 4. The highest BCUT2D eigenvalue weighted by Crippen LogP contribution is 2.43. The van der Waals surface area contributed by atoms with Gasteiger partial charge in [0.15, 0.2) is 0 Å². The number of benzene rings is 1. The van der Waals surface area contributed by atoms with Crippen molar-refractivity contribution in [2.75, 3.05) is 0 Å². The summed E-state index contributed by atoms with van der Waals surface area (Å²) in [5.41, 5.74) is 1.93. The fourth-order valence-electron chi connectivity index (χ4n) is 3.95. The van der Waals surface area contributed by atoms with E-state index in [1.807, 2.05) is 4.57 Å². The van der Waals surface area contributed by atoms with Gasteiger partial charge in [-0.1, -0.05) is 0 Å². The average molecular weight is 480 g/mol. The van der Waals surface area contributed by atoms with E-state index in [1.165, 1.54) is 12.1 Å². The third kappa shape index (κ3) is 4.09. The predicted octanol–water partition coefficient (Wildman–Crippen LogP) is 4.98. The fourth-order valence-corrected chi connectivity index (χ4v) is 5.13. The van der Waals surface area contributed by atoms with Crippen molar-refractivity contribution in [2.45, 2.75) is 56.3 Å². The molecule has 6 nitrogen and oxygen atoms in total. The van der Waals surface area contributed by atoms with Gasteiger partial charge < -0.3 is 4.57 Å². The molecule has 0 saturated heterocycles. The Hall–Kier alpha value is -2.97. The minimum absolute atomic E-state index is 0.0327. The maximum absolute atomic E-state index is 14.9. The van der Waals surface area contributed by atoms with Gasteiger partial charge in [-0.2, -0.15) is 23.2 Å². The third-order valence-corrected chi connectivity index (χ3v) is 7.39. The molecule has 11 heteroatoms. The van der Waals surface area contributed by atoms with Crippen LogP contribution in [0.25, 0.3) is 22.3 Å². The third-order valence-electron chi connectivity index (χ3n) is 5.86. The van der Waals surface area contributed by atoms with Gasteiger partial charge in [0.05, 0.1) is 27.9 Å². The van der Waals surface area contributed by atoms with E-state index in [0.29, 0.717) is 23.7 Å². The van der Waals surface area contributed by atoms with E-state index >= 15 is 0 Å². The number of nitrogens with one attached hydrogen (secondary N) is 1. The van der Waals surface area contributed by atoms with Crippen molar-refractivity contribution in [1.82, 2.24) is 14.3 Å². The van der Waals surface area contributed by atoms with Crippen molar-refractivity contribution in [1.29, 1.82) is 5.26 Å². The molecule has 3 aromatic rings. The Morgan fingerprint density at radius 2 is 1.97 bits per heavy atom. The summed E-state index contributed by atoms with van der Waals surface area (Å²) >= 11 is 0. The van der Waals surface area contributed by atoms with Crippen LogP contribution in [-0.4, -0.2) is 30.2 Å². The fraction of sp³-hybridized carbons (Fsp3) is 0.364. The second-order valence-electron chi connectivity index (χ2n) is 8.19. The molecule has 1 saturated carbocycles. The van der Waals surface area contributed by atoms with E-state index in [4.69, 9.17) is 0 Å². The van der Waals surface area contributed by atoms with Gasteiger partial charge in [-0.3, -0.25) is 4.98 Å². The molecule has 0 radical (unpaired) electrons. The maximum Gasteiger partial charge on any atom is 0.404 e. The molecule has 2 heterocycles. The van der Waals surface area contributed by atoms with Gasteiger partial charge in [-0.05, 0) is 62.9 Å². The van der Waals surface area contributed by atoms with Gasteiger partial charge in [0.25, 0.3) is 0 Å². The van der Waals surface area contributed by atoms with Crippen LogP contribution in [0.5, 0.6) is 0 Å². The summed E-state index contributed by atoms with van der Waals surface area (Å²) in [6.45, 7) is 2.45. The first-order chi connectivity index (χ1) is 15.4. The first-order valence-electron chi connectivity index (χ1n) is 10.2. The Morgan fingerprint density at radius 1 is 1.27 bits per heavy atom. The second kappa shape index (κ2) is 8.11. The number of aryl methyl sites for hydroxylation is 1. The molecular formula is C22H20F4N4O2S. The first-order valence-corrected chi connectivity index (χ1v) is 11.7. The van der Waals surface area contributed by atoms with Crippen LogP contribution in [0.2, 0.25) is 0 Å². The molecule has 0 bridgehead atoms. The highest BCUT2D eigenvalue weighted by atomic mass is 32.2. The zero-order valence-electron chi connectivity index (χ0n) is 17.7. The van der Waals surface area contributed by atoms with Crippen LogP contribution in [0.3, 0.4) is 0 Å². The molecule has 174 valence electrons. The van der Waals surface area contributed by atoms with E-state index in [2.05, 4.69) is 11.1 Å². The first kappa shape index (κ1) is 23.2. The largest absolute Gasteiger partial charge is 0.404 e. The van der Waals surface area contributed by atoms with Crippen molar-refractivity contribution in [3.8, 4) is 17.5 Å². The van der Waals surface area contributed by atoms with Crippen LogP contribution in [0, 0.1) is 24.1 Å². The quantitative estimate of drug-likeness (QED) is 0.522. The maximum atomic E-state index is 14.9. The predicted molar refractivity (Wildman–Crippen MR) is 113 cm³/mol. The molecule has 1 aliphatic rings. The Kier molecular flexibility index (Phi) is 5.70. The Labute approximate surface area is 187 Å². The summed E-state index contributed by atoms with van der Waals surface area (Å²) < 4.78 is 81.4. The molecule has 1 aliphatic carbocycles. The molecule has 0 amide bonds. The van der Waals surface area contributed by atoms with Crippen molar-refractivity contribution in [2.24, 2.45) is 0 Å². The van der Waals surface area contributed by atoms with Gasteiger partial charge in [0, 0.05) is 12.2 Å². The summed E-state index contributed by atoms with van der Waals surface area (Å²) in [6, 6.07) is 5.39. The molecule has 1 aromatic carbocycles. The smallest absolute Gasteiger partial charge is 0.335 e. The van der Waals surface area contributed by atoms with Gasteiger partial charge in [-0.25, -0.2) is 12.8 Å². The van der Waals surface area contributed by atoms with Gasteiger partial charge in [-0.15, -0.1) is 0 Å². The second-order valence-corrected chi connectivity index (χ2v) is 9.91. The van der Waals surface area contributed by atoms with Crippen LogP contribution in [0.1, 0.15) is 43.4 Å². The lowest BCUT2D eigenvalue weighted by molar-refractivity contribution is -0.147. The molecule has 0 aliphatic heterocycles. The van der Waals surface area contributed by atoms with Crippen molar-refractivity contribution >= 4 is 20.9 Å². The van der Waals surface area contributed by atoms with E-state index in [0.717, 1.165) is 31.5 Å². The van der Waals surface area contributed by atoms with E-state index in [9.17, 15) is 31.2 Å². The van der Waals surface area contributed by atoms with Gasteiger partial charge in [0.1, 0.15) is 22.8 Å². The molecule has 1 unspecified atom stereocenters. The summed E-state index contributed by atoms with van der Waals surface area (Å²) in [7, 11) is -4.48. The number of rotatable bonds is 5. The number of alkyl halides is 3. The van der Waals surface area contributed by atoms with E-state index < -0.39 is 33.0 Å². The highest BCUT2D eigenvalue weighted by Gasteiger charge is 2.39. The van der Waals surface area contributed by atoms with Gasteiger partial charge >= 0.3 is 6.18 Å². The molecule has 1 fully saturated rings. The normalized spacial score (nSPS) is 15.9. The van der Waals surface area contributed by atoms with Crippen LogP contribution in [-0.2, 0) is 10.0 Å². The van der Waals surface area contributed by atoms with E-state index in [1.54, 1.807) is 17.7 Å². The van der Waals surface area contributed by atoms with Crippen molar-refractivity contribution in [3.05, 3.63) is 47.4 Å². The number of aromatic nitrogens is 2. The van der Waals surface area contributed by atoms with Crippen LogP contribution >= 0.6 is 0 Å². The number of pyridine rings is 1. The molecular weight excluding hydrogens is 460 g/mol. The summed E-state index contributed by atoms with van der Waals surface area (Å²) in [5.74, 6) is -0.537. The number of nitrogens with zero attached hydrogens (tertiary/aromatic N) is 3. The van der Waals surface area contributed by atoms with Crippen LogP contribution in [0.15, 0.2) is 35.4 Å². The minimum Gasteiger partial charge on any atom is -0.335 e. The zero-order chi connectivity index (χ0) is 24.1. The Balaban J connectivity index is 1.83. The molecule has 1 N–H and O–H groups in total. The summed E-state index contributed by atoms with van der Waals surface area (Å²) in [5, 5.41) is 10.0. The lowest BCUT2D eigenvalue weighted by Crippen LogP contribution is -2.42. The molecule has 2 aromatic heterocycles. The highest BCUT2D eigenvalue weighted by molar-refractivity contribution is 7.89. The number of fused-ring (bicyclic) bond motifs is 1. The summed E-state index contributed by atoms with van der Waals surface area (Å²) in [4.78, 5) is 3.70. The number of hydrogen-bond donors (Lipinski definition) is 1. The van der Waals surface area contributed by atoms with Crippen LogP contribution in [0.4, 0.5) is 17.6 Å². The van der Waals surface area contributed by atoms with Gasteiger partial charge in [0.2, 0.25) is 10.0 Å². The monoisotopic (exact) mass is 480 g/mol. The summed E-state index contributed by atoms with van der Waals surface area (Å²) in [6.07, 6.45) is -1.15. The van der Waals surface area contributed by atoms with E-state index in [-0.39, 0.29) is 22.7 Å². The average Bonchev–Trinajstić information content (AvgIpc) is 3.00. The van der Waals surface area contributed by atoms with Crippen molar-refractivity contribution < 1.29 is 26.0 Å². The molecule has 33 heavy (non-hydrogen) atoms. The number of sulfonamides is 1. The topological polar surface area (TPSA) is 87.8 Å². The lowest BCUT2D eigenvalue weighted by Gasteiger charge is -2.30. The minimum atomic E-state index is -4.74.